The summed E-state index contributed by atoms with van der Waals surface area (Å²) in [7, 11) is 0. The predicted molar refractivity (Wildman–Crippen MR) is 106 cm³/mol. The Balaban J connectivity index is 1.26. The molecule has 28 heavy (non-hydrogen) atoms. The number of benzene rings is 2. The van der Waals surface area contributed by atoms with Crippen LogP contribution in [0.25, 0.3) is 0 Å². The first-order valence-corrected chi connectivity index (χ1v) is 9.68. The van der Waals surface area contributed by atoms with Gasteiger partial charge in [0.2, 0.25) is 12.7 Å². The summed E-state index contributed by atoms with van der Waals surface area (Å²) in [6.07, 6.45) is 1.50. The number of carbonyl (C=O) groups is 2. The van der Waals surface area contributed by atoms with Crippen molar-refractivity contribution in [3.05, 3.63) is 53.1 Å². The lowest BCUT2D eigenvalue weighted by Gasteiger charge is -2.30. The summed E-state index contributed by atoms with van der Waals surface area (Å²) in [5.41, 5.74) is 1.38. The van der Waals surface area contributed by atoms with E-state index < -0.39 is 0 Å². The van der Waals surface area contributed by atoms with Gasteiger partial charge in [-0.25, -0.2) is 0 Å². The number of nitrogens with one attached hydrogen (secondary N) is 1. The smallest absolute Gasteiger partial charge is 0.238 e. The van der Waals surface area contributed by atoms with Crippen LogP contribution in [0.2, 0.25) is 5.02 Å². The second kappa shape index (κ2) is 8.20. The lowest BCUT2D eigenvalue weighted by molar-refractivity contribution is -0.117. The van der Waals surface area contributed by atoms with Crippen molar-refractivity contribution >= 4 is 29.0 Å². The first-order chi connectivity index (χ1) is 13.6. The largest absolute Gasteiger partial charge is 0.454 e. The van der Waals surface area contributed by atoms with Gasteiger partial charge < -0.3 is 14.8 Å². The number of hydrogen-bond donors (Lipinski definition) is 1. The third-order valence-corrected chi connectivity index (χ3v) is 5.36. The second-order valence-electron chi connectivity index (χ2n) is 7.04. The molecule has 2 aliphatic heterocycles. The van der Waals surface area contributed by atoms with Crippen LogP contribution in [0.5, 0.6) is 11.5 Å². The highest BCUT2D eigenvalue weighted by atomic mass is 35.5. The number of likely N-dealkylation sites (tertiary alicyclic amines) is 1. The minimum Gasteiger partial charge on any atom is -0.454 e. The molecule has 6 nitrogen and oxygen atoms in total. The fraction of sp³-hybridized carbons (Fsp3) is 0.333. The molecule has 0 radical (unpaired) electrons. The standard InChI is InChI=1S/C21H21ClN2O4/c22-16-3-1-14(2-4-16)21(26)15-7-9-24(10-8-15)12-20(25)23-17-5-6-18-19(11-17)28-13-27-18/h1-6,11,15H,7-10,12-13H2,(H,23,25). The van der Waals surface area contributed by atoms with Gasteiger partial charge in [0.1, 0.15) is 0 Å². The Hall–Kier alpha value is -2.57. The van der Waals surface area contributed by atoms with E-state index in [4.69, 9.17) is 21.1 Å². The SMILES string of the molecule is O=C(CN1CCC(C(=O)c2ccc(Cl)cc2)CC1)Nc1ccc2c(c1)OCO2. The number of nitrogens with zero attached hydrogens (tertiary/aromatic N) is 1. The van der Waals surface area contributed by atoms with E-state index in [0.717, 1.165) is 25.9 Å². The van der Waals surface area contributed by atoms with Crippen molar-refractivity contribution in [1.82, 2.24) is 4.90 Å². The maximum absolute atomic E-state index is 12.6. The molecule has 2 heterocycles. The zero-order valence-electron chi connectivity index (χ0n) is 15.3. The van der Waals surface area contributed by atoms with E-state index in [0.29, 0.717) is 34.3 Å². The van der Waals surface area contributed by atoms with Crippen LogP contribution in [0, 0.1) is 5.92 Å². The van der Waals surface area contributed by atoms with E-state index in [-0.39, 0.29) is 24.4 Å². The minimum atomic E-state index is -0.0821. The first kappa shape index (κ1) is 18.8. The average Bonchev–Trinajstić information content (AvgIpc) is 3.16. The van der Waals surface area contributed by atoms with E-state index in [2.05, 4.69) is 10.2 Å². The number of piperidine rings is 1. The van der Waals surface area contributed by atoms with Crippen molar-refractivity contribution in [3.8, 4) is 11.5 Å². The van der Waals surface area contributed by atoms with Crippen LogP contribution in [0.1, 0.15) is 23.2 Å². The van der Waals surface area contributed by atoms with E-state index in [9.17, 15) is 9.59 Å². The van der Waals surface area contributed by atoms with Gasteiger partial charge in [-0.05, 0) is 62.3 Å². The molecule has 0 aliphatic carbocycles. The molecule has 146 valence electrons. The number of ether oxygens (including phenoxy) is 2. The van der Waals surface area contributed by atoms with Gasteiger partial charge in [-0.15, -0.1) is 0 Å². The quantitative estimate of drug-likeness (QED) is 0.776. The van der Waals surface area contributed by atoms with Gasteiger partial charge in [0.15, 0.2) is 17.3 Å². The molecular weight excluding hydrogens is 380 g/mol. The van der Waals surface area contributed by atoms with Gasteiger partial charge in [0, 0.05) is 28.3 Å². The first-order valence-electron chi connectivity index (χ1n) is 9.30. The number of Topliss-reactive ketones (excluding diaryl/α,β-unsaturated/α-hetero) is 1. The molecule has 7 heteroatoms. The molecule has 1 saturated heterocycles. The highest BCUT2D eigenvalue weighted by molar-refractivity contribution is 6.30. The van der Waals surface area contributed by atoms with E-state index >= 15 is 0 Å². The second-order valence-corrected chi connectivity index (χ2v) is 7.47. The van der Waals surface area contributed by atoms with Crippen LogP contribution in [-0.2, 0) is 4.79 Å². The topological polar surface area (TPSA) is 67.9 Å². The lowest BCUT2D eigenvalue weighted by Crippen LogP contribution is -2.40. The van der Waals surface area contributed by atoms with Gasteiger partial charge in [-0.2, -0.15) is 0 Å². The van der Waals surface area contributed by atoms with Crippen molar-refractivity contribution in [2.75, 3.05) is 31.7 Å². The Morgan fingerprint density at radius 2 is 1.75 bits per heavy atom. The normalized spacial score (nSPS) is 16.8. The Morgan fingerprint density at radius 3 is 2.50 bits per heavy atom. The molecular formula is C21H21ClN2O4. The zero-order chi connectivity index (χ0) is 19.5. The van der Waals surface area contributed by atoms with Crippen molar-refractivity contribution in [3.63, 3.8) is 0 Å². The van der Waals surface area contributed by atoms with Crippen LogP contribution in [0.4, 0.5) is 5.69 Å². The van der Waals surface area contributed by atoms with Gasteiger partial charge in [-0.1, -0.05) is 11.6 Å². The number of anilines is 1. The average molecular weight is 401 g/mol. The number of halogens is 1. The number of rotatable bonds is 5. The van der Waals surface area contributed by atoms with Gasteiger partial charge >= 0.3 is 0 Å². The molecule has 0 spiro atoms. The highest BCUT2D eigenvalue weighted by Gasteiger charge is 2.26. The highest BCUT2D eigenvalue weighted by Crippen LogP contribution is 2.34. The molecule has 0 bridgehead atoms. The van der Waals surface area contributed by atoms with Crippen molar-refractivity contribution in [1.29, 1.82) is 0 Å². The number of hydrogen-bond acceptors (Lipinski definition) is 5. The zero-order valence-corrected chi connectivity index (χ0v) is 16.1. The summed E-state index contributed by atoms with van der Waals surface area (Å²) in [5, 5.41) is 3.51. The van der Waals surface area contributed by atoms with Crippen LogP contribution < -0.4 is 14.8 Å². The van der Waals surface area contributed by atoms with E-state index in [1.165, 1.54) is 0 Å². The Labute approximate surface area is 168 Å². The predicted octanol–water partition coefficient (Wildman–Crippen LogP) is 3.60. The third kappa shape index (κ3) is 4.29. The number of carbonyl (C=O) groups excluding carboxylic acids is 2. The summed E-state index contributed by atoms with van der Waals surface area (Å²) in [4.78, 5) is 27.0. The monoisotopic (exact) mass is 400 g/mol. The number of ketones is 1. The Bertz CT molecular complexity index is 876. The number of amides is 1. The van der Waals surface area contributed by atoms with Crippen molar-refractivity contribution in [2.24, 2.45) is 5.92 Å². The summed E-state index contributed by atoms with van der Waals surface area (Å²) < 4.78 is 10.6. The maximum Gasteiger partial charge on any atom is 0.238 e. The van der Waals surface area contributed by atoms with Crippen LogP contribution in [-0.4, -0.2) is 43.0 Å². The van der Waals surface area contributed by atoms with Crippen molar-refractivity contribution < 1.29 is 19.1 Å². The van der Waals surface area contributed by atoms with Crippen molar-refractivity contribution in [2.45, 2.75) is 12.8 Å². The van der Waals surface area contributed by atoms with Gasteiger partial charge in [-0.3, -0.25) is 14.5 Å². The molecule has 0 aromatic heterocycles. The molecule has 0 atom stereocenters. The van der Waals surface area contributed by atoms with E-state index in [1.807, 2.05) is 0 Å². The van der Waals surface area contributed by atoms with Gasteiger partial charge in [0.05, 0.1) is 6.54 Å². The molecule has 1 fully saturated rings. The maximum atomic E-state index is 12.6. The minimum absolute atomic E-state index is 0.00523. The molecule has 1 N–H and O–H groups in total. The van der Waals surface area contributed by atoms with E-state index in [1.54, 1.807) is 42.5 Å². The third-order valence-electron chi connectivity index (χ3n) is 5.11. The summed E-state index contributed by atoms with van der Waals surface area (Å²) >= 11 is 5.89. The van der Waals surface area contributed by atoms with Gasteiger partial charge in [0.25, 0.3) is 0 Å². The molecule has 1 amide bonds. The molecule has 0 saturated carbocycles. The Morgan fingerprint density at radius 1 is 1.04 bits per heavy atom. The summed E-state index contributed by atoms with van der Waals surface area (Å²) in [6, 6.07) is 12.4. The molecule has 4 rings (SSSR count). The molecule has 2 aromatic carbocycles. The Kier molecular flexibility index (Phi) is 5.50. The fourth-order valence-electron chi connectivity index (χ4n) is 3.58. The fourth-order valence-corrected chi connectivity index (χ4v) is 3.71. The molecule has 2 aromatic rings. The lowest BCUT2D eigenvalue weighted by atomic mass is 9.89. The summed E-state index contributed by atoms with van der Waals surface area (Å²) in [5.74, 6) is 1.39. The van der Waals surface area contributed by atoms with Crippen LogP contribution >= 0.6 is 11.6 Å². The number of fused-ring (bicyclic) bond motifs is 1. The van der Waals surface area contributed by atoms with Crippen LogP contribution in [0.3, 0.4) is 0 Å². The van der Waals surface area contributed by atoms with Crippen LogP contribution in [0.15, 0.2) is 42.5 Å². The molecule has 2 aliphatic rings. The summed E-state index contributed by atoms with van der Waals surface area (Å²) in [6.45, 7) is 1.95. The molecule has 0 unspecified atom stereocenters.